The lowest BCUT2D eigenvalue weighted by molar-refractivity contribution is 0.0974. The number of hydrogen-bond donors (Lipinski definition) is 0. The quantitative estimate of drug-likeness (QED) is 0.557. The summed E-state index contributed by atoms with van der Waals surface area (Å²) in [5.41, 5.74) is 2.30. The molecule has 0 radical (unpaired) electrons. The van der Waals surface area contributed by atoms with E-state index in [1.165, 1.54) is 11.3 Å². The second-order valence-electron chi connectivity index (χ2n) is 7.65. The van der Waals surface area contributed by atoms with Crippen molar-refractivity contribution in [1.29, 1.82) is 0 Å². The number of rotatable bonds is 8. The zero-order valence-corrected chi connectivity index (χ0v) is 18.8. The van der Waals surface area contributed by atoms with Crippen molar-refractivity contribution in [2.24, 2.45) is 0 Å². The second-order valence-corrected chi connectivity index (χ2v) is 8.66. The number of thiazole rings is 1. The summed E-state index contributed by atoms with van der Waals surface area (Å²) in [5, 5.41) is 5.21. The Labute approximate surface area is 175 Å². The summed E-state index contributed by atoms with van der Waals surface area (Å²) < 4.78 is 8.12. The highest BCUT2D eigenvalue weighted by molar-refractivity contribution is 7.22. The van der Waals surface area contributed by atoms with Gasteiger partial charge in [0.05, 0.1) is 23.0 Å². The fourth-order valence-corrected chi connectivity index (χ4v) is 4.19. The minimum atomic E-state index is -0.0657. The maximum Gasteiger partial charge on any atom is 0.278 e. The van der Waals surface area contributed by atoms with E-state index in [0.717, 1.165) is 34.6 Å². The highest BCUT2D eigenvalue weighted by atomic mass is 32.1. The molecule has 156 valence electrons. The van der Waals surface area contributed by atoms with Gasteiger partial charge in [0, 0.05) is 12.6 Å². The van der Waals surface area contributed by atoms with E-state index in [0.29, 0.717) is 17.4 Å². The van der Waals surface area contributed by atoms with Crippen molar-refractivity contribution in [3.8, 4) is 5.75 Å². The molecule has 0 aliphatic heterocycles. The SMILES string of the molecule is COc1ccc2nc(N(CCCN(C)C)C(=O)c3cc(C)nn3C(C)C)sc2c1. The topological polar surface area (TPSA) is 63.5 Å². The van der Waals surface area contributed by atoms with Crippen LogP contribution in [0.25, 0.3) is 10.2 Å². The van der Waals surface area contributed by atoms with Crippen LogP contribution in [0.2, 0.25) is 0 Å². The predicted molar refractivity (Wildman–Crippen MR) is 118 cm³/mol. The van der Waals surface area contributed by atoms with Crippen LogP contribution in [0, 0.1) is 6.92 Å². The van der Waals surface area contributed by atoms with E-state index in [9.17, 15) is 4.79 Å². The molecular weight excluding hydrogens is 386 g/mol. The van der Waals surface area contributed by atoms with Crippen molar-refractivity contribution in [2.75, 3.05) is 39.2 Å². The summed E-state index contributed by atoms with van der Waals surface area (Å²) in [6.07, 6.45) is 0.854. The standard InChI is InChI=1S/C21H29N5O2S/c1-14(2)26-18(12-15(3)23-26)20(27)25(11-7-10-24(4)5)21-22-17-9-8-16(28-6)13-19(17)29-21/h8-9,12-14H,7,10-11H2,1-6H3. The number of hydrogen-bond acceptors (Lipinski definition) is 6. The Morgan fingerprint density at radius 2 is 2.00 bits per heavy atom. The van der Waals surface area contributed by atoms with Crippen molar-refractivity contribution in [1.82, 2.24) is 19.7 Å². The normalized spacial score (nSPS) is 11.6. The molecule has 7 nitrogen and oxygen atoms in total. The first-order valence-electron chi connectivity index (χ1n) is 9.77. The van der Waals surface area contributed by atoms with Gasteiger partial charge in [-0.15, -0.1) is 0 Å². The van der Waals surface area contributed by atoms with E-state index < -0.39 is 0 Å². The zero-order chi connectivity index (χ0) is 21.1. The molecule has 3 rings (SSSR count). The lowest BCUT2D eigenvalue weighted by atomic mass is 10.3. The highest BCUT2D eigenvalue weighted by Crippen LogP contribution is 2.32. The van der Waals surface area contributed by atoms with Gasteiger partial charge in [-0.2, -0.15) is 5.10 Å². The predicted octanol–water partition coefficient (Wildman–Crippen LogP) is 3.99. The number of aromatic nitrogens is 3. The first-order valence-corrected chi connectivity index (χ1v) is 10.6. The minimum Gasteiger partial charge on any atom is -0.497 e. The van der Waals surface area contributed by atoms with Gasteiger partial charge in [-0.3, -0.25) is 14.4 Å². The minimum absolute atomic E-state index is 0.0657. The molecule has 1 amide bonds. The molecule has 29 heavy (non-hydrogen) atoms. The van der Waals surface area contributed by atoms with E-state index >= 15 is 0 Å². The number of benzene rings is 1. The van der Waals surface area contributed by atoms with Crippen LogP contribution in [0.3, 0.4) is 0 Å². The average molecular weight is 416 g/mol. The van der Waals surface area contributed by atoms with E-state index in [2.05, 4.69) is 10.00 Å². The molecule has 1 aromatic carbocycles. The molecule has 8 heteroatoms. The van der Waals surface area contributed by atoms with Crippen molar-refractivity contribution < 1.29 is 9.53 Å². The molecule has 0 bridgehead atoms. The third kappa shape index (κ3) is 4.76. The Bertz CT molecular complexity index is 992. The molecule has 0 aliphatic rings. The number of carbonyl (C=O) groups is 1. The third-order valence-corrected chi connectivity index (χ3v) is 5.65. The number of ether oxygens (including phenoxy) is 1. The van der Waals surface area contributed by atoms with Gasteiger partial charge in [0.2, 0.25) is 0 Å². The number of methoxy groups -OCH3 is 1. The summed E-state index contributed by atoms with van der Waals surface area (Å²) in [6.45, 7) is 7.46. The molecule has 2 aromatic heterocycles. The third-order valence-electron chi connectivity index (χ3n) is 4.61. The first-order chi connectivity index (χ1) is 13.8. The molecule has 0 N–H and O–H groups in total. The van der Waals surface area contributed by atoms with Crippen LogP contribution < -0.4 is 9.64 Å². The van der Waals surface area contributed by atoms with Crippen LogP contribution in [0.5, 0.6) is 5.75 Å². The van der Waals surface area contributed by atoms with Gasteiger partial charge in [0.15, 0.2) is 5.13 Å². The van der Waals surface area contributed by atoms with E-state index in [-0.39, 0.29) is 11.9 Å². The Kier molecular flexibility index (Phi) is 6.54. The van der Waals surface area contributed by atoms with Crippen LogP contribution in [-0.2, 0) is 0 Å². The molecule has 2 heterocycles. The summed E-state index contributed by atoms with van der Waals surface area (Å²) >= 11 is 1.51. The summed E-state index contributed by atoms with van der Waals surface area (Å²) in [7, 11) is 5.72. The molecule has 3 aromatic rings. The van der Waals surface area contributed by atoms with E-state index in [4.69, 9.17) is 9.72 Å². The van der Waals surface area contributed by atoms with Gasteiger partial charge in [-0.05, 0) is 72.1 Å². The zero-order valence-electron chi connectivity index (χ0n) is 18.0. The number of fused-ring (bicyclic) bond motifs is 1. The monoisotopic (exact) mass is 415 g/mol. The van der Waals surface area contributed by atoms with Crippen LogP contribution in [0.4, 0.5) is 5.13 Å². The summed E-state index contributed by atoms with van der Waals surface area (Å²) in [6, 6.07) is 7.74. The maximum absolute atomic E-state index is 13.6. The Morgan fingerprint density at radius 3 is 2.66 bits per heavy atom. The van der Waals surface area contributed by atoms with Crippen LogP contribution in [0.15, 0.2) is 24.3 Å². The molecule has 0 atom stereocenters. The largest absolute Gasteiger partial charge is 0.497 e. The van der Waals surface area contributed by atoms with E-state index in [1.807, 2.05) is 59.1 Å². The summed E-state index contributed by atoms with van der Waals surface area (Å²) in [4.78, 5) is 22.2. The fourth-order valence-electron chi connectivity index (χ4n) is 3.17. The number of amides is 1. The highest BCUT2D eigenvalue weighted by Gasteiger charge is 2.25. The van der Waals surface area contributed by atoms with Crippen LogP contribution in [-0.4, -0.2) is 59.9 Å². The number of aryl methyl sites for hydroxylation is 1. The van der Waals surface area contributed by atoms with Gasteiger partial charge in [0.1, 0.15) is 11.4 Å². The first kappa shape index (κ1) is 21.3. The van der Waals surface area contributed by atoms with Crippen molar-refractivity contribution in [3.63, 3.8) is 0 Å². The van der Waals surface area contributed by atoms with Crippen LogP contribution >= 0.6 is 11.3 Å². The van der Waals surface area contributed by atoms with Crippen molar-refractivity contribution in [3.05, 3.63) is 35.7 Å². The summed E-state index contributed by atoms with van der Waals surface area (Å²) in [5.74, 6) is 0.718. The fraction of sp³-hybridized carbons (Fsp3) is 0.476. The maximum atomic E-state index is 13.6. The Morgan fingerprint density at radius 1 is 1.24 bits per heavy atom. The average Bonchev–Trinajstić information content (AvgIpc) is 3.27. The molecule has 0 saturated carbocycles. The molecule has 0 spiro atoms. The lowest BCUT2D eigenvalue weighted by Gasteiger charge is -2.22. The molecular formula is C21H29N5O2S. The van der Waals surface area contributed by atoms with Gasteiger partial charge in [-0.25, -0.2) is 4.98 Å². The number of anilines is 1. The van der Waals surface area contributed by atoms with Gasteiger partial charge >= 0.3 is 0 Å². The number of carbonyl (C=O) groups excluding carboxylic acids is 1. The smallest absolute Gasteiger partial charge is 0.278 e. The molecule has 0 saturated heterocycles. The van der Waals surface area contributed by atoms with Crippen molar-refractivity contribution in [2.45, 2.75) is 33.2 Å². The molecule has 0 aliphatic carbocycles. The van der Waals surface area contributed by atoms with Gasteiger partial charge < -0.3 is 9.64 Å². The number of nitrogens with zero attached hydrogens (tertiary/aromatic N) is 5. The van der Waals surface area contributed by atoms with Gasteiger partial charge in [0.25, 0.3) is 5.91 Å². The van der Waals surface area contributed by atoms with E-state index in [1.54, 1.807) is 16.7 Å². The molecule has 0 unspecified atom stereocenters. The Balaban J connectivity index is 1.99. The van der Waals surface area contributed by atoms with Crippen molar-refractivity contribution >= 4 is 32.6 Å². The second kappa shape index (κ2) is 8.92. The molecule has 0 fully saturated rings. The Hall–Kier alpha value is -2.45. The lowest BCUT2D eigenvalue weighted by Crippen LogP contribution is -2.35. The van der Waals surface area contributed by atoms with Gasteiger partial charge in [-0.1, -0.05) is 11.3 Å². The van der Waals surface area contributed by atoms with Crippen LogP contribution in [0.1, 0.15) is 42.5 Å².